The van der Waals surface area contributed by atoms with Crippen LogP contribution in [0.2, 0.25) is 0 Å². The molecule has 21 heavy (non-hydrogen) atoms. The van der Waals surface area contributed by atoms with Gasteiger partial charge in [-0.25, -0.2) is 5.48 Å². The lowest BCUT2D eigenvalue weighted by Crippen LogP contribution is -2.17. The highest BCUT2D eigenvalue weighted by Crippen LogP contribution is 2.33. The van der Waals surface area contributed by atoms with Crippen LogP contribution in [0.25, 0.3) is 10.4 Å². The zero-order chi connectivity index (χ0) is 15.1. The smallest absolute Gasteiger partial charge is 0.243 e. The van der Waals surface area contributed by atoms with Gasteiger partial charge in [-0.05, 0) is 37.0 Å². The zero-order valence-corrected chi connectivity index (χ0v) is 12.5. The van der Waals surface area contributed by atoms with Gasteiger partial charge in [0.1, 0.15) is 0 Å². The Balaban J connectivity index is 1.85. The summed E-state index contributed by atoms with van der Waals surface area (Å²) < 4.78 is 0. The van der Waals surface area contributed by atoms with Crippen molar-refractivity contribution in [3.05, 3.63) is 47.3 Å². The molecule has 1 aromatic heterocycles. The van der Waals surface area contributed by atoms with Crippen LogP contribution in [-0.4, -0.2) is 16.2 Å². The first-order valence-corrected chi connectivity index (χ1v) is 7.78. The Labute approximate surface area is 128 Å². The summed E-state index contributed by atoms with van der Waals surface area (Å²) in [5, 5.41) is 18.5. The number of aliphatic hydroxyl groups is 1. The Kier molecular flexibility index (Phi) is 5.92. The van der Waals surface area contributed by atoms with Crippen molar-refractivity contribution in [1.82, 2.24) is 5.48 Å². The molecule has 5 heteroatoms. The monoisotopic (exact) mass is 305 g/mol. The first kappa shape index (κ1) is 15.7. The molecule has 4 nitrogen and oxygen atoms in total. The van der Waals surface area contributed by atoms with Gasteiger partial charge in [-0.15, -0.1) is 11.3 Å². The molecule has 3 N–H and O–H groups in total. The molecule has 112 valence electrons. The minimum absolute atomic E-state index is 0.281. The molecule has 0 spiro atoms. The number of amides is 1. The Morgan fingerprint density at radius 3 is 2.62 bits per heavy atom. The summed E-state index contributed by atoms with van der Waals surface area (Å²) in [6.07, 6.45) is 1.80. The van der Waals surface area contributed by atoms with Crippen LogP contribution in [0.15, 0.2) is 42.5 Å². The number of aliphatic hydroxyl groups excluding tert-OH is 1. The molecule has 2 aromatic rings. The number of nitrogens with one attached hydrogen (secondary N) is 1. The number of carbonyl (C=O) groups is 1. The van der Waals surface area contributed by atoms with E-state index in [2.05, 4.69) is 12.1 Å². The first-order valence-electron chi connectivity index (χ1n) is 6.97. The number of hydrogen-bond donors (Lipinski definition) is 3. The third-order valence-corrected chi connectivity index (χ3v) is 4.51. The van der Waals surface area contributed by atoms with Gasteiger partial charge in [-0.3, -0.25) is 10.0 Å². The van der Waals surface area contributed by atoms with E-state index < -0.39 is 6.10 Å². The SMILES string of the molecule is O=C(CCCCC(O)c1ccc(-c2ccccc2)s1)NO. The Morgan fingerprint density at radius 2 is 1.90 bits per heavy atom. The predicted octanol–water partition coefficient (Wildman–Crippen LogP) is 3.51. The average Bonchev–Trinajstić information content (AvgIpc) is 3.02. The van der Waals surface area contributed by atoms with Gasteiger partial charge < -0.3 is 5.11 Å². The van der Waals surface area contributed by atoms with E-state index in [1.165, 1.54) is 0 Å². The van der Waals surface area contributed by atoms with Gasteiger partial charge in [0.25, 0.3) is 0 Å². The number of hydrogen-bond acceptors (Lipinski definition) is 4. The van der Waals surface area contributed by atoms with Gasteiger partial charge in [0.15, 0.2) is 0 Å². The van der Waals surface area contributed by atoms with E-state index in [1.807, 2.05) is 30.3 Å². The molecule has 0 aliphatic rings. The van der Waals surface area contributed by atoms with E-state index in [0.717, 1.165) is 21.7 Å². The number of carbonyl (C=O) groups excluding carboxylic acids is 1. The van der Waals surface area contributed by atoms with E-state index in [-0.39, 0.29) is 12.3 Å². The van der Waals surface area contributed by atoms with E-state index in [9.17, 15) is 9.90 Å². The molecule has 2 rings (SSSR count). The minimum Gasteiger partial charge on any atom is -0.388 e. The lowest BCUT2D eigenvalue weighted by Gasteiger charge is -2.07. The predicted molar refractivity (Wildman–Crippen MR) is 83.1 cm³/mol. The third kappa shape index (κ3) is 4.67. The molecule has 1 heterocycles. The maximum atomic E-state index is 10.9. The fourth-order valence-electron chi connectivity index (χ4n) is 2.11. The standard InChI is InChI=1S/C16H19NO3S/c18-13(8-4-5-9-16(19)17-20)15-11-10-14(21-15)12-6-2-1-3-7-12/h1-3,6-7,10-11,13,18,20H,4-5,8-9H2,(H,17,19). The summed E-state index contributed by atoms with van der Waals surface area (Å²) in [4.78, 5) is 13.0. The molecule has 0 radical (unpaired) electrons. The summed E-state index contributed by atoms with van der Waals surface area (Å²) in [7, 11) is 0. The van der Waals surface area contributed by atoms with E-state index >= 15 is 0 Å². The molecule has 0 fully saturated rings. The molecule has 0 aliphatic heterocycles. The highest BCUT2D eigenvalue weighted by Gasteiger charge is 2.11. The summed E-state index contributed by atoms with van der Waals surface area (Å²) in [6, 6.07) is 14.1. The van der Waals surface area contributed by atoms with Crippen molar-refractivity contribution >= 4 is 17.2 Å². The van der Waals surface area contributed by atoms with Crippen molar-refractivity contribution in [2.75, 3.05) is 0 Å². The summed E-state index contributed by atoms with van der Waals surface area (Å²) in [5.41, 5.74) is 2.76. The lowest BCUT2D eigenvalue weighted by molar-refractivity contribution is -0.129. The Hall–Kier alpha value is -1.69. The number of benzene rings is 1. The van der Waals surface area contributed by atoms with Crippen LogP contribution in [0.4, 0.5) is 0 Å². The highest BCUT2D eigenvalue weighted by molar-refractivity contribution is 7.15. The maximum absolute atomic E-state index is 10.9. The quantitative estimate of drug-likeness (QED) is 0.416. The second-order valence-electron chi connectivity index (χ2n) is 4.86. The number of thiophene rings is 1. The minimum atomic E-state index is -0.496. The first-order chi connectivity index (χ1) is 10.2. The molecule has 0 aliphatic carbocycles. The van der Waals surface area contributed by atoms with Crippen molar-refractivity contribution in [2.24, 2.45) is 0 Å². The normalized spacial score (nSPS) is 12.1. The molecule has 0 saturated heterocycles. The molecule has 0 saturated carbocycles. The number of rotatable bonds is 7. The molecule has 0 bridgehead atoms. The third-order valence-electron chi connectivity index (χ3n) is 3.27. The summed E-state index contributed by atoms with van der Waals surface area (Å²) >= 11 is 1.59. The second kappa shape index (κ2) is 7.93. The van der Waals surface area contributed by atoms with Crippen LogP contribution in [0, 0.1) is 0 Å². The van der Waals surface area contributed by atoms with E-state index in [0.29, 0.717) is 12.8 Å². The van der Waals surface area contributed by atoms with Crippen LogP contribution in [-0.2, 0) is 4.79 Å². The van der Waals surface area contributed by atoms with Gasteiger partial charge in [-0.2, -0.15) is 0 Å². The van der Waals surface area contributed by atoms with Gasteiger partial charge >= 0.3 is 0 Å². The summed E-state index contributed by atoms with van der Waals surface area (Å²) in [6.45, 7) is 0. The zero-order valence-electron chi connectivity index (χ0n) is 11.7. The van der Waals surface area contributed by atoms with Crippen molar-refractivity contribution in [1.29, 1.82) is 0 Å². The molecular formula is C16H19NO3S. The second-order valence-corrected chi connectivity index (χ2v) is 5.98. The molecule has 1 aromatic carbocycles. The van der Waals surface area contributed by atoms with Crippen LogP contribution < -0.4 is 5.48 Å². The van der Waals surface area contributed by atoms with E-state index in [1.54, 1.807) is 16.8 Å². The summed E-state index contributed by atoms with van der Waals surface area (Å²) in [5.74, 6) is -0.382. The van der Waals surface area contributed by atoms with Gasteiger partial charge in [-0.1, -0.05) is 30.3 Å². The fourth-order valence-corrected chi connectivity index (χ4v) is 3.14. The van der Waals surface area contributed by atoms with Crippen molar-refractivity contribution in [3.8, 4) is 10.4 Å². The molecule has 1 unspecified atom stereocenters. The Morgan fingerprint density at radius 1 is 1.14 bits per heavy atom. The van der Waals surface area contributed by atoms with Crippen molar-refractivity contribution in [2.45, 2.75) is 31.8 Å². The van der Waals surface area contributed by atoms with Crippen LogP contribution >= 0.6 is 11.3 Å². The largest absolute Gasteiger partial charge is 0.388 e. The number of unbranched alkanes of at least 4 members (excludes halogenated alkanes) is 1. The fraction of sp³-hybridized carbons (Fsp3) is 0.312. The lowest BCUT2D eigenvalue weighted by atomic mass is 10.1. The van der Waals surface area contributed by atoms with Crippen LogP contribution in [0.5, 0.6) is 0 Å². The topological polar surface area (TPSA) is 69.6 Å². The molecule has 1 atom stereocenters. The van der Waals surface area contributed by atoms with Gasteiger partial charge in [0.05, 0.1) is 6.10 Å². The van der Waals surface area contributed by atoms with Crippen molar-refractivity contribution in [3.63, 3.8) is 0 Å². The average molecular weight is 305 g/mol. The molecular weight excluding hydrogens is 286 g/mol. The van der Waals surface area contributed by atoms with Crippen LogP contribution in [0.1, 0.15) is 36.7 Å². The molecule has 1 amide bonds. The van der Waals surface area contributed by atoms with Gasteiger partial charge in [0.2, 0.25) is 5.91 Å². The van der Waals surface area contributed by atoms with E-state index in [4.69, 9.17) is 5.21 Å². The number of hydroxylamine groups is 1. The maximum Gasteiger partial charge on any atom is 0.243 e. The van der Waals surface area contributed by atoms with Gasteiger partial charge in [0, 0.05) is 16.2 Å². The van der Waals surface area contributed by atoms with Crippen LogP contribution in [0.3, 0.4) is 0 Å². The Bertz CT molecular complexity index is 568. The van der Waals surface area contributed by atoms with Crippen molar-refractivity contribution < 1.29 is 15.1 Å². The highest BCUT2D eigenvalue weighted by atomic mass is 32.1.